The predicted molar refractivity (Wildman–Crippen MR) is 73.4 cm³/mol. The van der Waals surface area contributed by atoms with E-state index in [0.29, 0.717) is 12.1 Å². The predicted octanol–water partition coefficient (Wildman–Crippen LogP) is 2.08. The van der Waals surface area contributed by atoms with Crippen molar-refractivity contribution in [3.63, 3.8) is 0 Å². The van der Waals surface area contributed by atoms with Crippen LogP contribution in [0.25, 0.3) is 11.1 Å². The Kier molecular flexibility index (Phi) is 2.79. The Morgan fingerprint density at radius 3 is 2.79 bits per heavy atom. The number of oxazole rings is 1. The molecule has 2 aromatic heterocycles. The van der Waals surface area contributed by atoms with E-state index in [0.717, 1.165) is 16.8 Å². The van der Waals surface area contributed by atoms with Crippen molar-refractivity contribution in [3.8, 4) is 0 Å². The van der Waals surface area contributed by atoms with Gasteiger partial charge in [0, 0.05) is 19.4 Å². The van der Waals surface area contributed by atoms with E-state index in [2.05, 4.69) is 10.3 Å². The first-order valence-electron chi connectivity index (χ1n) is 5.98. The van der Waals surface area contributed by atoms with E-state index in [1.54, 1.807) is 23.0 Å². The molecule has 0 aliphatic rings. The number of hydrogen-bond acceptors (Lipinski definition) is 4. The molecule has 2 heterocycles. The third-order valence-corrected chi connectivity index (χ3v) is 3.05. The quantitative estimate of drug-likeness (QED) is 0.778. The van der Waals surface area contributed by atoms with Crippen LogP contribution in [0.4, 0.5) is 5.69 Å². The van der Waals surface area contributed by atoms with Gasteiger partial charge in [0.15, 0.2) is 5.58 Å². The van der Waals surface area contributed by atoms with Crippen LogP contribution in [0.2, 0.25) is 0 Å². The monoisotopic (exact) mass is 255 g/mol. The molecule has 0 saturated carbocycles. The molecule has 0 radical (unpaired) electrons. The SMILES string of the molecule is CNc1cccc2oc(=O)n(Cc3ccncc3)c12. The zero-order valence-corrected chi connectivity index (χ0v) is 10.5. The molecule has 1 aromatic carbocycles. The van der Waals surface area contributed by atoms with Gasteiger partial charge in [-0.15, -0.1) is 0 Å². The first-order chi connectivity index (χ1) is 9.29. The summed E-state index contributed by atoms with van der Waals surface area (Å²) in [7, 11) is 1.82. The Labute approximate surface area is 109 Å². The normalized spacial score (nSPS) is 10.8. The second-order valence-electron chi connectivity index (χ2n) is 4.21. The van der Waals surface area contributed by atoms with Crippen LogP contribution in [-0.4, -0.2) is 16.6 Å². The van der Waals surface area contributed by atoms with Gasteiger partial charge in [0.05, 0.1) is 12.2 Å². The average Bonchev–Trinajstić information content (AvgIpc) is 2.76. The van der Waals surface area contributed by atoms with Gasteiger partial charge in [-0.05, 0) is 29.8 Å². The van der Waals surface area contributed by atoms with E-state index in [9.17, 15) is 4.79 Å². The number of pyridine rings is 1. The van der Waals surface area contributed by atoms with Gasteiger partial charge in [0.1, 0.15) is 5.52 Å². The van der Waals surface area contributed by atoms with E-state index < -0.39 is 0 Å². The number of nitrogens with one attached hydrogen (secondary N) is 1. The van der Waals surface area contributed by atoms with Crippen molar-refractivity contribution < 1.29 is 4.42 Å². The van der Waals surface area contributed by atoms with Gasteiger partial charge in [0.25, 0.3) is 0 Å². The number of rotatable bonds is 3. The highest BCUT2D eigenvalue weighted by Crippen LogP contribution is 2.22. The molecule has 0 saturated heterocycles. The first kappa shape index (κ1) is 11.5. The molecule has 0 aliphatic carbocycles. The summed E-state index contributed by atoms with van der Waals surface area (Å²) in [6.45, 7) is 0.465. The molecular weight excluding hydrogens is 242 g/mol. The minimum absolute atomic E-state index is 0.352. The van der Waals surface area contributed by atoms with Gasteiger partial charge in [-0.25, -0.2) is 4.79 Å². The maximum absolute atomic E-state index is 12.0. The van der Waals surface area contributed by atoms with Gasteiger partial charge in [0.2, 0.25) is 0 Å². The molecule has 3 aromatic rings. The molecule has 0 aliphatic heterocycles. The molecule has 1 N–H and O–H groups in total. The first-order valence-corrected chi connectivity index (χ1v) is 5.98. The zero-order valence-electron chi connectivity index (χ0n) is 10.5. The second kappa shape index (κ2) is 4.61. The van der Waals surface area contributed by atoms with Crippen molar-refractivity contribution in [2.24, 2.45) is 0 Å². The second-order valence-corrected chi connectivity index (χ2v) is 4.21. The van der Waals surface area contributed by atoms with Crippen LogP contribution in [-0.2, 0) is 6.54 Å². The highest BCUT2D eigenvalue weighted by Gasteiger charge is 2.12. The Hall–Kier alpha value is -2.56. The largest absolute Gasteiger partial charge is 0.420 e. The third-order valence-electron chi connectivity index (χ3n) is 3.05. The van der Waals surface area contributed by atoms with Gasteiger partial charge in [-0.1, -0.05) is 6.07 Å². The van der Waals surface area contributed by atoms with Crippen LogP contribution in [0, 0.1) is 0 Å². The molecule has 3 rings (SSSR count). The number of nitrogens with zero attached hydrogens (tertiary/aromatic N) is 2. The topological polar surface area (TPSA) is 60.1 Å². The maximum Gasteiger partial charge on any atom is 0.420 e. The van der Waals surface area contributed by atoms with Crippen LogP contribution in [0.1, 0.15) is 5.56 Å². The smallest absolute Gasteiger partial charge is 0.408 e. The summed E-state index contributed by atoms with van der Waals surface area (Å²) in [4.78, 5) is 15.9. The number of benzene rings is 1. The molecule has 0 amide bonds. The molecule has 0 spiro atoms. The maximum atomic E-state index is 12.0. The van der Waals surface area contributed by atoms with Crippen LogP contribution in [0.5, 0.6) is 0 Å². The van der Waals surface area contributed by atoms with Crippen molar-refractivity contribution in [2.75, 3.05) is 12.4 Å². The Morgan fingerprint density at radius 2 is 2.05 bits per heavy atom. The lowest BCUT2D eigenvalue weighted by molar-refractivity contribution is 0.517. The van der Waals surface area contributed by atoms with Crippen LogP contribution < -0.4 is 11.1 Å². The number of anilines is 1. The van der Waals surface area contributed by atoms with Gasteiger partial charge in [-0.3, -0.25) is 9.55 Å². The molecule has 5 heteroatoms. The lowest BCUT2D eigenvalue weighted by atomic mass is 10.2. The summed E-state index contributed by atoms with van der Waals surface area (Å²) < 4.78 is 6.89. The van der Waals surface area contributed by atoms with Crippen LogP contribution in [0.3, 0.4) is 0 Å². The Balaban J connectivity index is 2.18. The molecular formula is C14H13N3O2. The number of aromatic nitrogens is 2. The number of hydrogen-bond donors (Lipinski definition) is 1. The number of fused-ring (bicyclic) bond motifs is 1. The van der Waals surface area contributed by atoms with E-state index in [-0.39, 0.29) is 5.76 Å². The van der Waals surface area contributed by atoms with Crippen molar-refractivity contribution in [1.29, 1.82) is 0 Å². The fourth-order valence-corrected chi connectivity index (χ4v) is 2.14. The summed E-state index contributed by atoms with van der Waals surface area (Å²) in [5.74, 6) is -0.352. The van der Waals surface area contributed by atoms with Crippen LogP contribution in [0.15, 0.2) is 51.9 Å². The van der Waals surface area contributed by atoms with Crippen LogP contribution >= 0.6 is 0 Å². The minimum atomic E-state index is -0.352. The molecule has 5 nitrogen and oxygen atoms in total. The van der Waals surface area contributed by atoms with E-state index in [4.69, 9.17) is 4.42 Å². The summed E-state index contributed by atoms with van der Waals surface area (Å²) in [5, 5.41) is 3.08. The average molecular weight is 255 g/mol. The lowest BCUT2D eigenvalue weighted by Crippen LogP contribution is -2.15. The summed E-state index contributed by atoms with van der Waals surface area (Å²) in [6.07, 6.45) is 3.42. The van der Waals surface area contributed by atoms with E-state index in [1.165, 1.54) is 0 Å². The van der Waals surface area contributed by atoms with Gasteiger partial charge in [-0.2, -0.15) is 0 Å². The molecule has 0 bridgehead atoms. The van der Waals surface area contributed by atoms with Crippen molar-refractivity contribution in [1.82, 2.24) is 9.55 Å². The summed E-state index contributed by atoms with van der Waals surface area (Å²) in [5.41, 5.74) is 3.25. The third kappa shape index (κ3) is 1.99. The molecule has 0 unspecified atom stereocenters. The Morgan fingerprint density at radius 1 is 1.26 bits per heavy atom. The fourth-order valence-electron chi connectivity index (χ4n) is 2.14. The van der Waals surface area contributed by atoms with E-state index >= 15 is 0 Å². The van der Waals surface area contributed by atoms with Crippen molar-refractivity contribution in [2.45, 2.75) is 6.54 Å². The molecule has 0 fully saturated rings. The minimum Gasteiger partial charge on any atom is -0.408 e. The van der Waals surface area contributed by atoms with Crippen molar-refractivity contribution in [3.05, 3.63) is 58.8 Å². The molecule has 0 atom stereocenters. The number of para-hydroxylation sites is 1. The fraction of sp³-hybridized carbons (Fsp3) is 0.143. The highest BCUT2D eigenvalue weighted by atomic mass is 16.4. The van der Waals surface area contributed by atoms with Crippen molar-refractivity contribution >= 4 is 16.8 Å². The standard InChI is InChI=1S/C14H13N3O2/c1-15-11-3-2-4-12-13(11)17(14(18)19-12)9-10-5-7-16-8-6-10/h2-8,15H,9H2,1H3. The molecule has 96 valence electrons. The summed E-state index contributed by atoms with van der Waals surface area (Å²) >= 11 is 0. The highest BCUT2D eigenvalue weighted by molar-refractivity contribution is 5.87. The summed E-state index contributed by atoms with van der Waals surface area (Å²) in [6, 6.07) is 9.33. The molecule has 19 heavy (non-hydrogen) atoms. The van der Waals surface area contributed by atoms with E-state index in [1.807, 2.05) is 31.3 Å². The lowest BCUT2D eigenvalue weighted by Gasteiger charge is -2.06. The zero-order chi connectivity index (χ0) is 13.2. The van der Waals surface area contributed by atoms with Gasteiger partial charge < -0.3 is 9.73 Å². The Bertz CT molecular complexity index is 759. The van der Waals surface area contributed by atoms with Gasteiger partial charge >= 0.3 is 5.76 Å².